The molecule has 1 aliphatic carbocycles. The minimum atomic E-state index is -0.430. The van der Waals surface area contributed by atoms with E-state index in [-0.39, 0.29) is 11.5 Å². The highest BCUT2D eigenvalue weighted by Gasteiger charge is 2.39. The maximum atomic E-state index is 14.1. The monoisotopic (exact) mass is 353 g/mol. The Morgan fingerprint density at radius 1 is 1.29 bits per heavy atom. The Labute approximate surface area is 133 Å². The number of carbonyl (C=O) groups is 1. The highest BCUT2D eigenvalue weighted by molar-refractivity contribution is 9.10. The van der Waals surface area contributed by atoms with E-state index in [2.05, 4.69) is 22.9 Å². The Kier molecular flexibility index (Phi) is 4.34. The molecule has 2 fully saturated rings. The molecular weight excluding hydrogens is 333 g/mol. The van der Waals surface area contributed by atoms with Crippen molar-refractivity contribution < 1.29 is 9.18 Å². The van der Waals surface area contributed by atoms with Crippen molar-refractivity contribution in [3.8, 4) is 0 Å². The van der Waals surface area contributed by atoms with Crippen molar-refractivity contribution in [1.82, 2.24) is 4.90 Å². The zero-order valence-electron chi connectivity index (χ0n) is 12.3. The number of hydrogen-bond acceptors (Lipinski definition) is 1. The van der Waals surface area contributed by atoms with Crippen LogP contribution in [0.3, 0.4) is 0 Å². The fourth-order valence-electron chi connectivity index (χ4n) is 3.98. The first-order chi connectivity index (χ1) is 10.1. The van der Waals surface area contributed by atoms with E-state index in [1.54, 1.807) is 12.1 Å². The van der Waals surface area contributed by atoms with Crippen LogP contribution in [0.5, 0.6) is 0 Å². The minimum Gasteiger partial charge on any atom is -0.335 e. The molecule has 1 heterocycles. The molecule has 0 spiro atoms. The number of halogens is 2. The number of carbonyl (C=O) groups excluding carboxylic acids is 1. The molecule has 0 bridgehead atoms. The fourth-order valence-corrected chi connectivity index (χ4v) is 4.32. The van der Waals surface area contributed by atoms with Gasteiger partial charge in [-0.2, -0.15) is 0 Å². The van der Waals surface area contributed by atoms with Gasteiger partial charge < -0.3 is 4.90 Å². The lowest BCUT2D eigenvalue weighted by Crippen LogP contribution is -2.52. The number of fused-ring (bicyclic) bond motifs is 1. The predicted molar refractivity (Wildman–Crippen MR) is 84.7 cm³/mol. The van der Waals surface area contributed by atoms with Gasteiger partial charge in [0.05, 0.1) is 5.56 Å². The van der Waals surface area contributed by atoms with E-state index in [1.807, 2.05) is 4.90 Å². The van der Waals surface area contributed by atoms with Gasteiger partial charge in [0.1, 0.15) is 5.82 Å². The molecule has 4 heteroatoms. The molecule has 1 aromatic rings. The second-order valence-electron chi connectivity index (χ2n) is 6.40. The Morgan fingerprint density at radius 2 is 2.05 bits per heavy atom. The van der Waals surface area contributed by atoms with Crippen LogP contribution in [-0.4, -0.2) is 23.4 Å². The molecule has 0 radical (unpaired) electrons. The second-order valence-corrected chi connectivity index (χ2v) is 7.32. The standard InChI is InChI=1S/C17H21BrFNO/c1-11-8-9-20(16-5-3-2-4-13(11)16)17(21)14-7-6-12(18)10-15(14)19/h6-7,10-11,13,16H,2-5,8-9H2,1H3/t11-,13-,16+/m1/s1. The molecule has 2 nitrogen and oxygen atoms in total. The number of benzene rings is 1. The molecular formula is C17H21BrFNO. The third-order valence-corrected chi connectivity index (χ3v) is 5.65. The van der Waals surface area contributed by atoms with E-state index in [0.717, 1.165) is 19.4 Å². The summed E-state index contributed by atoms with van der Waals surface area (Å²) in [4.78, 5) is 14.7. The smallest absolute Gasteiger partial charge is 0.257 e. The van der Waals surface area contributed by atoms with Gasteiger partial charge in [-0.1, -0.05) is 35.7 Å². The fraction of sp³-hybridized carbons (Fsp3) is 0.588. The number of nitrogens with zero attached hydrogens (tertiary/aromatic N) is 1. The summed E-state index contributed by atoms with van der Waals surface area (Å²) in [5.41, 5.74) is 0.206. The summed E-state index contributed by atoms with van der Waals surface area (Å²) >= 11 is 3.24. The molecule has 3 rings (SSSR count). The first-order valence-corrected chi connectivity index (χ1v) is 8.63. The van der Waals surface area contributed by atoms with Gasteiger partial charge in [-0.15, -0.1) is 0 Å². The Morgan fingerprint density at radius 3 is 2.81 bits per heavy atom. The van der Waals surface area contributed by atoms with Crippen molar-refractivity contribution in [2.24, 2.45) is 11.8 Å². The van der Waals surface area contributed by atoms with Gasteiger partial charge in [0.25, 0.3) is 5.91 Å². The van der Waals surface area contributed by atoms with E-state index in [4.69, 9.17) is 0 Å². The molecule has 1 saturated heterocycles. The Balaban J connectivity index is 1.86. The topological polar surface area (TPSA) is 20.3 Å². The van der Waals surface area contributed by atoms with Gasteiger partial charge in [0.15, 0.2) is 0 Å². The summed E-state index contributed by atoms with van der Waals surface area (Å²) < 4.78 is 14.7. The molecule has 1 aliphatic heterocycles. The van der Waals surface area contributed by atoms with Crippen molar-refractivity contribution in [3.05, 3.63) is 34.1 Å². The van der Waals surface area contributed by atoms with E-state index < -0.39 is 5.82 Å². The van der Waals surface area contributed by atoms with Crippen LogP contribution < -0.4 is 0 Å². The molecule has 3 atom stereocenters. The van der Waals surface area contributed by atoms with Crippen LogP contribution >= 0.6 is 15.9 Å². The molecule has 1 saturated carbocycles. The summed E-state index contributed by atoms with van der Waals surface area (Å²) in [6.45, 7) is 3.06. The number of piperidine rings is 1. The van der Waals surface area contributed by atoms with Crippen molar-refractivity contribution in [3.63, 3.8) is 0 Å². The van der Waals surface area contributed by atoms with Crippen LogP contribution in [0, 0.1) is 17.7 Å². The SMILES string of the molecule is C[C@@H]1CCN(C(=O)c2ccc(Br)cc2F)[C@H]2CCCC[C@H]12. The minimum absolute atomic E-state index is 0.135. The predicted octanol–water partition coefficient (Wildman–Crippen LogP) is 4.63. The maximum Gasteiger partial charge on any atom is 0.257 e. The van der Waals surface area contributed by atoms with Gasteiger partial charge in [-0.25, -0.2) is 4.39 Å². The average Bonchev–Trinajstić information content (AvgIpc) is 2.47. The summed E-state index contributed by atoms with van der Waals surface area (Å²) in [6.07, 6.45) is 5.75. The van der Waals surface area contributed by atoms with Gasteiger partial charge in [-0.3, -0.25) is 4.79 Å². The molecule has 1 amide bonds. The molecule has 21 heavy (non-hydrogen) atoms. The van der Waals surface area contributed by atoms with E-state index in [0.29, 0.717) is 22.4 Å². The van der Waals surface area contributed by atoms with Crippen molar-refractivity contribution in [2.75, 3.05) is 6.54 Å². The zero-order chi connectivity index (χ0) is 15.0. The van der Waals surface area contributed by atoms with Crippen molar-refractivity contribution in [1.29, 1.82) is 0 Å². The van der Waals surface area contributed by atoms with Gasteiger partial charge in [-0.05, 0) is 49.3 Å². The van der Waals surface area contributed by atoms with Crippen LogP contribution in [0.15, 0.2) is 22.7 Å². The molecule has 0 aromatic heterocycles. The number of likely N-dealkylation sites (tertiary alicyclic amines) is 1. The molecule has 114 valence electrons. The van der Waals surface area contributed by atoms with E-state index in [9.17, 15) is 9.18 Å². The summed E-state index contributed by atoms with van der Waals surface area (Å²) in [6, 6.07) is 5.01. The largest absolute Gasteiger partial charge is 0.335 e. The summed E-state index contributed by atoms with van der Waals surface area (Å²) in [5.74, 6) is 0.702. The van der Waals surface area contributed by atoms with Crippen LogP contribution in [0.2, 0.25) is 0 Å². The second kappa shape index (κ2) is 6.07. The molecule has 1 aromatic carbocycles. The highest BCUT2D eigenvalue weighted by atomic mass is 79.9. The van der Waals surface area contributed by atoms with Gasteiger partial charge in [0.2, 0.25) is 0 Å². The highest BCUT2D eigenvalue weighted by Crippen LogP contribution is 2.39. The summed E-state index contributed by atoms with van der Waals surface area (Å²) in [5, 5.41) is 0. The van der Waals surface area contributed by atoms with E-state index in [1.165, 1.54) is 25.3 Å². The molecule has 2 aliphatic rings. The lowest BCUT2D eigenvalue weighted by molar-refractivity contribution is 0.0214. The van der Waals surface area contributed by atoms with Crippen LogP contribution in [0.1, 0.15) is 49.4 Å². The van der Waals surface area contributed by atoms with Crippen molar-refractivity contribution >= 4 is 21.8 Å². The van der Waals surface area contributed by atoms with Crippen LogP contribution in [0.4, 0.5) is 4.39 Å². The van der Waals surface area contributed by atoms with E-state index >= 15 is 0 Å². The lowest BCUT2D eigenvalue weighted by atomic mass is 9.72. The number of rotatable bonds is 1. The third-order valence-electron chi connectivity index (χ3n) is 5.16. The van der Waals surface area contributed by atoms with Gasteiger partial charge >= 0.3 is 0 Å². The third kappa shape index (κ3) is 2.87. The van der Waals surface area contributed by atoms with Crippen LogP contribution in [-0.2, 0) is 0 Å². The quantitative estimate of drug-likeness (QED) is 0.720. The van der Waals surface area contributed by atoms with Crippen molar-refractivity contribution in [2.45, 2.75) is 45.1 Å². The first-order valence-electron chi connectivity index (χ1n) is 7.84. The Bertz CT molecular complexity index is 548. The first kappa shape index (κ1) is 15.0. The molecule has 0 unspecified atom stereocenters. The number of amides is 1. The number of hydrogen-bond donors (Lipinski definition) is 0. The maximum absolute atomic E-state index is 14.1. The van der Waals surface area contributed by atoms with Crippen LogP contribution in [0.25, 0.3) is 0 Å². The zero-order valence-corrected chi connectivity index (χ0v) is 13.9. The lowest BCUT2D eigenvalue weighted by Gasteiger charge is -2.47. The summed E-state index contributed by atoms with van der Waals surface area (Å²) in [7, 11) is 0. The average molecular weight is 354 g/mol. The van der Waals surface area contributed by atoms with Gasteiger partial charge in [0, 0.05) is 17.1 Å². The molecule has 0 N–H and O–H groups in total. The normalized spacial score (nSPS) is 29.1. The Hall–Kier alpha value is -0.900.